The maximum Gasteiger partial charge on any atom is 0.305 e. The van der Waals surface area contributed by atoms with Crippen LogP contribution in [-0.2, 0) is 33.4 Å². The smallest absolute Gasteiger partial charge is 0.305 e. The van der Waals surface area contributed by atoms with E-state index in [2.05, 4.69) is 0 Å². The minimum atomic E-state index is -1.64. The number of hydrogen-bond donors (Lipinski definition) is 0. The second-order valence-corrected chi connectivity index (χ2v) is 8.10. The second-order valence-electron chi connectivity index (χ2n) is 8.10. The molecule has 3 aliphatic heterocycles. The van der Waals surface area contributed by atoms with Crippen LogP contribution in [0.25, 0.3) is 0 Å². The zero-order valence-corrected chi connectivity index (χ0v) is 17.4. The van der Waals surface area contributed by atoms with Gasteiger partial charge in [-0.3, -0.25) is 24.0 Å². The highest BCUT2D eigenvalue weighted by molar-refractivity contribution is 6.23. The summed E-state index contributed by atoms with van der Waals surface area (Å²) in [5.41, 5.74) is -2.20. The summed E-state index contributed by atoms with van der Waals surface area (Å²) in [5, 5.41) is 0. The van der Waals surface area contributed by atoms with Crippen molar-refractivity contribution in [1.29, 1.82) is 0 Å². The average Bonchev–Trinajstić information content (AvgIpc) is 3.26. The van der Waals surface area contributed by atoms with E-state index in [0.29, 0.717) is 5.56 Å². The first-order valence-corrected chi connectivity index (χ1v) is 9.74. The molecule has 4 rings (SSSR count). The molecular weight excluding hydrogens is 406 g/mol. The lowest BCUT2D eigenvalue weighted by atomic mass is 9.72. The van der Waals surface area contributed by atoms with E-state index < -0.39 is 53.1 Å². The standard InChI is InChI=1S/C22H21NO8/c1-11(24)14-6-5-7-15(10-14)23-18(27)16-17(19(23)28)22(9-8-21(16,4)31-22)20(29-12(2)25)30-13(3)26/h5-10,16-17,20H,1-4H3/t16-,17+,21-,22+/m0/s1. The number of anilines is 1. The Labute approximate surface area is 177 Å². The summed E-state index contributed by atoms with van der Waals surface area (Å²) >= 11 is 0. The van der Waals surface area contributed by atoms with Gasteiger partial charge in [-0.15, -0.1) is 0 Å². The van der Waals surface area contributed by atoms with E-state index in [9.17, 15) is 24.0 Å². The van der Waals surface area contributed by atoms with Gasteiger partial charge in [-0.1, -0.05) is 18.2 Å². The summed E-state index contributed by atoms with van der Waals surface area (Å²) in [7, 11) is 0. The Hall–Kier alpha value is -3.33. The van der Waals surface area contributed by atoms with Crippen LogP contribution in [0.1, 0.15) is 38.1 Å². The molecule has 0 radical (unpaired) electrons. The lowest BCUT2D eigenvalue weighted by Gasteiger charge is -2.34. The van der Waals surface area contributed by atoms with Gasteiger partial charge in [0.2, 0.25) is 11.8 Å². The Morgan fingerprint density at radius 1 is 1.00 bits per heavy atom. The Bertz CT molecular complexity index is 1050. The number of nitrogens with zero attached hydrogens (tertiary/aromatic N) is 1. The Kier molecular flexibility index (Phi) is 4.62. The van der Waals surface area contributed by atoms with Crippen molar-refractivity contribution in [2.75, 3.05) is 4.90 Å². The predicted octanol–water partition coefficient (Wildman–Crippen LogP) is 1.54. The molecule has 0 aliphatic carbocycles. The van der Waals surface area contributed by atoms with Gasteiger partial charge in [0.25, 0.3) is 6.29 Å². The molecule has 9 heteroatoms. The number of ether oxygens (including phenoxy) is 3. The van der Waals surface area contributed by atoms with Crippen molar-refractivity contribution in [2.45, 2.75) is 45.2 Å². The van der Waals surface area contributed by atoms with Crippen LogP contribution in [0.2, 0.25) is 0 Å². The number of hydrogen-bond acceptors (Lipinski definition) is 8. The van der Waals surface area contributed by atoms with Crippen molar-refractivity contribution in [3.8, 4) is 0 Å². The number of Topliss-reactive ketones (excluding diaryl/α,β-unsaturated/α-hetero) is 1. The van der Waals surface area contributed by atoms with Crippen molar-refractivity contribution in [3.63, 3.8) is 0 Å². The van der Waals surface area contributed by atoms with Gasteiger partial charge in [0, 0.05) is 19.4 Å². The van der Waals surface area contributed by atoms with E-state index in [4.69, 9.17) is 14.2 Å². The third kappa shape index (κ3) is 2.99. The molecule has 0 saturated carbocycles. The van der Waals surface area contributed by atoms with E-state index >= 15 is 0 Å². The average molecular weight is 427 g/mol. The maximum absolute atomic E-state index is 13.5. The number of imide groups is 1. The Morgan fingerprint density at radius 3 is 2.19 bits per heavy atom. The molecule has 2 fully saturated rings. The molecule has 2 bridgehead atoms. The number of esters is 2. The fraction of sp³-hybridized carbons (Fsp3) is 0.409. The third-order valence-electron chi connectivity index (χ3n) is 5.91. The molecule has 1 aromatic carbocycles. The first-order valence-electron chi connectivity index (χ1n) is 9.74. The zero-order valence-electron chi connectivity index (χ0n) is 17.4. The first kappa shape index (κ1) is 20.9. The molecule has 9 nitrogen and oxygen atoms in total. The summed E-state index contributed by atoms with van der Waals surface area (Å²) in [4.78, 5) is 63.0. The van der Waals surface area contributed by atoms with Crippen LogP contribution in [0.15, 0.2) is 36.4 Å². The molecule has 4 atom stereocenters. The van der Waals surface area contributed by atoms with Gasteiger partial charge in [-0.05, 0) is 32.1 Å². The van der Waals surface area contributed by atoms with E-state index in [1.165, 1.54) is 19.1 Å². The molecule has 0 aromatic heterocycles. The molecule has 2 amide bonds. The van der Waals surface area contributed by atoms with Crippen molar-refractivity contribution >= 4 is 35.2 Å². The van der Waals surface area contributed by atoms with Crippen LogP contribution in [0.5, 0.6) is 0 Å². The zero-order chi connectivity index (χ0) is 22.7. The van der Waals surface area contributed by atoms with E-state index in [1.54, 1.807) is 31.2 Å². The van der Waals surface area contributed by atoms with Crippen molar-refractivity contribution in [2.24, 2.45) is 11.8 Å². The first-order chi connectivity index (χ1) is 14.5. The van der Waals surface area contributed by atoms with Crippen LogP contribution >= 0.6 is 0 Å². The topological polar surface area (TPSA) is 116 Å². The van der Waals surface area contributed by atoms with Crippen LogP contribution in [0.3, 0.4) is 0 Å². The summed E-state index contributed by atoms with van der Waals surface area (Å²) in [6, 6.07) is 6.21. The molecule has 3 aliphatic rings. The van der Waals surface area contributed by atoms with E-state index in [-0.39, 0.29) is 11.5 Å². The van der Waals surface area contributed by atoms with Crippen molar-refractivity contribution < 1.29 is 38.2 Å². The normalized spacial score (nSPS) is 30.7. The number of ketones is 1. The highest BCUT2D eigenvalue weighted by Gasteiger charge is 2.75. The monoisotopic (exact) mass is 427 g/mol. The molecular formula is C22H21NO8. The highest BCUT2D eigenvalue weighted by atomic mass is 16.7. The quantitative estimate of drug-likeness (QED) is 0.228. The lowest BCUT2D eigenvalue weighted by Crippen LogP contribution is -2.52. The van der Waals surface area contributed by atoms with Gasteiger partial charge in [0.05, 0.1) is 23.1 Å². The van der Waals surface area contributed by atoms with Crippen LogP contribution in [-0.4, -0.2) is 47.0 Å². The highest BCUT2D eigenvalue weighted by Crippen LogP contribution is 2.59. The summed E-state index contributed by atoms with van der Waals surface area (Å²) in [5.74, 6) is -4.78. The fourth-order valence-electron chi connectivity index (χ4n) is 4.68. The molecule has 0 spiro atoms. The van der Waals surface area contributed by atoms with Gasteiger partial charge in [-0.25, -0.2) is 4.90 Å². The Morgan fingerprint density at radius 2 is 1.61 bits per heavy atom. The predicted molar refractivity (Wildman–Crippen MR) is 105 cm³/mol. The van der Waals surface area contributed by atoms with Crippen LogP contribution < -0.4 is 4.90 Å². The fourth-order valence-corrected chi connectivity index (χ4v) is 4.68. The Balaban J connectivity index is 1.79. The van der Waals surface area contributed by atoms with Crippen LogP contribution in [0, 0.1) is 11.8 Å². The molecule has 31 heavy (non-hydrogen) atoms. The summed E-state index contributed by atoms with van der Waals surface area (Å²) < 4.78 is 16.5. The molecule has 2 saturated heterocycles. The second kappa shape index (κ2) is 6.84. The molecule has 0 N–H and O–H groups in total. The van der Waals surface area contributed by atoms with Crippen molar-refractivity contribution in [3.05, 3.63) is 42.0 Å². The van der Waals surface area contributed by atoms with Crippen molar-refractivity contribution in [1.82, 2.24) is 0 Å². The van der Waals surface area contributed by atoms with Gasteiger partial charge in [0.1, 0.15) is 0 Å². The van der Waals surface area contributed by atoms with Gasteiger partial charge in [-0.2, -0.15) is 0 Å². The van der Waals surface area contributed by atoms with Gasteiger partial charge < -0.3 is 14.2 Å². The minimum absolute atomic E-state index is 0.209. The maximum atomic E-state index is 13.5. The SMILES string of the molecule is CC(=O)OC(OC(C)=O)[C@]12C=C[C@](C)(O1)[C@@H]1C(=O)N(c3cccc(C(C)=O)c3)C(=O)[C@@H]12. The summed E-state index contributed by atoms with van der Waals surface area (Å²) in [6.45, 7) is 5.31. The lowest BCUT2D eigenvalue weighted by molar-refractivity contribution is -0.231. The third-order valence-corrected chi connectivity index (χ3v) is 5.91. The number of amides is 2. The molecule has 162 valence electrons. The van der Waals surface area contributed by atoms with Gasteiger partial charge >= 0.3 is 11.9 Å². The molecule has 1 aromatic rings. The van der Waals surface area contributed by atoms with Gasteiger partial charge in [0.15, 0.2) is 11.4 Å². The number of carbonyl (C=O) groups excluding carboxylic acids is 5. The van der Waals surface area contributed by atoms with E-state index in [0.717, 1.165) is 18.7 Å². The van der Waals surface area contributed by atoms with E-state index in [1.807, 2.05) is 0 Å². The van der Waals surface area contributed by atoms with Crippen LogP contribution in [0.4, 0.5) is 5.69 Å². The largest absolute Gasteiger partial charge is 0.422 e. The number of benzene rings is 1. The summed E-state index contributed by atoms with van der Waals surface area (Å²) in [6.07, 6.45) is 1.59. The molecule has 0 unspecified atom stereocenters. The molecule has 3 heterocycles. The number of rotatable bonds is 5. The minimum Gasteiger partial charge on any atom is -0.422 e. The number of fused-ring (bicyclic) bond motifs is 5. The number of carbonyl (C=O) groups is 5.